The number of rotatable bonds is 1. The average molecular weight is 188 g/mol. The molecule has 3 nitrogen and oxygen atoms in total. The Kier molecular flexibility index (Phi) is 2.38. The molecule has 14 heavy (non-hydrogen) atoms. The molecule has 72 valence electrons. The van der Waals surface area contributed by atoms with Crippen LogP contribution < -0.4 is 10.5 Å². The largest absolute Gasteiger partial charge is 0.493 e. The van der Waals surface area contributed by atoms with Crippen molar-refractivity contribution in [2.45, 2.75) is 18.9 Å². The SMILES string of the molecule is N#CC(N)c1ccc2c(c1)CCCO2. The van der Waals surface area contributed by atoms with Gasteiger partial charge in [0.25, 0.3) is 0 Å². The van der Waals surface area contributed by atoms with E-state index in [4.69, 9.17) is 15.7 Å². The van der Waals surface area contributed by atoms with Gasteiger partial charge in [-0.05, 0) is 36.1 Å². The third-order valence-corrected chi connectivity index (χ3v) is 2.43. The lowest BCUT2D eigenvalue weighted by molar-refractivity contribution is 0.288. The minimum Gasteiger partial charge on any atom is -0.493 e. The molecule has 0 aromatic heterocycles. The van der Waals surface area contributed by atoms with Crippen molar-refractivity contribution in [3.8, 4) is 11.8 Å². The summed E-state index contributed by atoms with van der Waals surface area (Å²) in [6.45, 7) is 0.788. The van der Waals surface area contributed by atoms with Crippen LogP contribution in [-0.2, 0) is 6.42 Å². The van der Waals surface area contributed by atoms with Gasteiger partial charge in [0.05, 0.1) is 12.7 Å². The highest BCUT2D eigenvalue weighted by molar-refractivity contribution is 5.40. The molecule has 0 amide bonds. The number of hydrogen-bond donors (Lipinski definition) is 1. The van der Waals surface area contributed by atoms with Crippen LogP contribution >= 0.6 is 0 Å². The Morgan fingerprint density at radius 3 is 3.14 bits per heavy atom. The highest BCUT2D eigenvalue weighted by Crippen LogP contribution is 2.26. The zero-order valence-corrected chi connectivity index (χ0v) is 7.86. The van der Waals surface area contributed by atoms with E-state index in [2.05, 4.69) is 0 Å². The van der Waals surface area contributed by atoms with Gasteiger partial charge >= 0.3 is 0 Å². The Bertz CT molecular complexity index is 381. The molecule has 1 heterocycles. The molecule has 0 saturated heterocycles. The lowest BCUT2D eigenvalue weighted by atomic mass is 10.0. The van der Waals surface area contributed by atoms with Gasteiger partial charge in [-0.25, -0.2) is 0 Å². The summed E-state index contributed by atoms with van der Waals surface area (Å²) in [5.41, 5.74) is 7.66. The average Bonchev–Trinajstić information content (AvgIpc) is 2.27. The van der Waals surface area contributed by atoms with Gasteiger partial charge in [0.2, 0.25) is 0 Å². The molecule has 1 aromatic rings. The van der Waals surface area contributed by atoms with E-state index in [9.17, 15) is 0 Å². The maximum absolute atomic E-state index is 8.69. The zero-order valence-electron chi connectivity index (χ0n) is 7.86. The van der Waals surface area contributed by atoms with Crippen molar-refractivity contribution in [2.75, 3.05) is 6.61 Å². The van der Waals surface area contributed by atoms with Gasteiger partial charge in [-0.15, -0.1) is 0 Å². The van der Waals surface area contributed by atoms with E-state index in [1.54, 1.807) is 0 Å². The topological polar surface area (TPSA) is 59.0 Å². The second-order valence-corrected chi connectivity index (χ2v) is 3.43. The van der Waals surface area contributed by atoms with Crippen LogP contribution in [0.2, 0.25) is 0 Å². The molecular weight excluding hydrogens is 176 g/mol. The van der Waals surface area contributed by atoms with Gasteiger partial charge in [0.1, 0.15) is 11.8 Å². The second-order valence-electron chi connectivity index (χ2n) is 3.43. The third-order valence-electron chi connectivity index (χ3n) is 2.43. The van der Waals surface area contributed by atoms with E-state index in [-0.39, 0.29) is 0 Å². The Hall–Kier alpha value is -1.53. The smallest absolute Gasteiger partial charge is 0.122 e. The Balaban J connectivity index is 2.34. The maximum Gasteiger partial charge on any atom is 0.122 e. The van der Waals surface area contributed by atoms with Crippen LogP contribution in [-0.4, -0.2) is 6.61 Å². The fourth-order valence-corrected chi connectivity index (χ4v) is 1.65. The summed E-state index contributed by atoms with van der Waals surface area (Å²) in [5, 5.41) is 8.69. The van der Waals surface area contributed by atoms with Crippen LogP contribution in [0.25, 0.3) is 0 Å². The molecule has 1 aliphatic rings. The summed E-state index contributed by atoms with van der Waals surface area (Å²) in [5.74, 6) is 0.935. The van der Waals surface area contributed by atoms with E-state index >= 15 is 0 Å². The molecule has 0 spiro atoms. The van der Waals surface area contributed by atoms with Gasteiger partial charge in [-0.2, -0.15) is 5.26 Å². The number of aryl methyl sites for hydroxylation is 1. The molecule has 2 rings (SSSR count). The maximum atomic E-state index is 8.69. The summed E-state index contributed by atoms with van der Waals surface area (Å²) in [6.07, 6.45) is 2.06. The summed E-state index contributed by atoms with van der Waals surface area (Å²) in [6, 6.07) is 7.24. The van der Waals surface area contributed by atoms with E-state index in [1.165, 1.54) is 5.56 Å². The molecule has 2 N–H and O–H groups in total. The van der Waals surface area contributed by atoms with Crippen molar-refractivity contribution in [1.29, 1.82) is 5.26 Å². The number of nitrogens with zero attached hydrogens (tertiary/aromatic N) is 1. The first kappa shape index (κ1) is 9.04. The summed E-state index contributed by atoms with van der Waals surface area (Å²) >= 11 is 0. The Labute approximate surface area is 83.1 Å². The summed E-state index contributed by atoms with van der Waals surface area (Å²) < 4.78 is 5.47. The van der Waals surface area contributed by atoms with Gasteiger partial charge in [0.15, 0.2) is 0 Å². The van der Waals surface area contributed by atoms with Crippen LogP contribution in [0.1, 0.15) is 23.6 Å². The number of hydrogen-bond acceptors (Lipinski definition) is 3. The third kappa shape index (κ3) is 1.57. The van der Waals surface area contributed by atoms with Crippen LogP contribution in [0.4, 0.5) is 0 Å². The molecule has 1 aliphatic heterocycles. The molecule has 0 radical (unpaired) electrons. The number of nitriles is 1. The Morgan fingerprint density at radius 2 is 2.36 bits per heavy atom. The van der Waals surface area contributed by atoms with Gasteiger partial charge in [0, 0.05) is 0 Å². The van der Waals surface area contributed by atoms with E-state index in [0.717, 1.165) is 30.8 Å². The minimum absolute atomic E-state index is 0.526. The highest BCUT2D eigenvalue weighted by Gasteiger charge is 2.12. The number of nitrogens with two attached hydrogens (primary N) is 1. The van der Waals surface area contributed by atoms with Crippen molar-refractivity contribution < 1.29 is 4.74 Å². The van der Waals surface area contributed by atoms with Crippen molar-refractivity contribution in [3.05, 3.63) is 29.3 Å². The van der Waals surface area contributed by atoms with Crippen molar-refractivity contribution in [2.24, 2.45) is 5.73 Å². The molecule has 0 aliphatic carbocycles. The van der Waals surface area contributed by atoms with Gasteiger partial charge < -0.3 is 10.5 Å². The molecule has 0 saturated carbocycles. The molecule has 0 bridgehead atoms. The summed E-state index contributed by atoms with van der Waals surface area (Å²) in [7, 11) is 0. The number of benzene rings is 1. The van der Waals surface area contributed by atoms with Crippen molar-refractivity contribution in [3.63, 3.8) is 0 Å². The molecule has 3 heteroatoms. The minimum atomic E-state index is -0.526. The monoisotopic (exact) mass is 188 g/mol. The molecule has 1 unspecified atom stereocenters. The van der Waals surface area contributed by atoms with Gasteiger partial charge in [-0.1, -0.05) is 6.07 Å². The first-order valence-electron chi connectivity index (χ1n) is 4.72. The number of ether oxygens (including phenoxy) is 1. The number of fused-ring (bicyclic) bond motifs is 1. The van der Waals surface area contributed by atoms with Crippen LogP contribution in [0.5, 0.6) is 5.75 Å². The fraction of sp³-hybridized carbons (Fsp3) is 0.364. The molecular formula is C11H12N2O. The predicted molar refractivity (Wildman–Crippen MR) is 52.8 cm³/mol. The normalized spacial score (nSPS) is 16.3. The second kappa shape index (κ2) is 3.69. The summed E-state index contributed by atoms with van der Waals surface area (Å²) in [4.78, 5) is 0. The van der Waals surface area contributed by atoms with Crippen molar-refractivity contribution in [1.82, 2.24) is 0 Å². The molecule has 1 atom stereocenters. The van der Waals surface area contributed by atoms with E-state index in [1.807, 2.05) is 24.3 Å². The first-order chi connectivity index (χ1) is 6.81. The van der Waals surface area contributed by atoms with Gasteiger partial charge in [-0.3, -0.25) is 0 Å². The highest BCUT2D eigenvalue weighted by atomic mass is 16.5. The van der Waals surface area contributed by atoms with Crippen LogP contribution in [0.3, 0.4) is 0 Å². The molecule has 1 aromatic carbocycles. The molecule has 0 fully saturated rings. The predicted octanol–water partition coefficient (Wildman–Crippen LogP) is 1.53. The lowest BCUT2D eigenvalue weighted by Crippen LogP contribution is -2.11. The van der Waals surface area contributed by atoms with E-state index < -0.39 is 6.04 Å². The van der Waals surface area contributed by atoms with E-state index in [0.29, 0.717) is 0 Å². The quantitative estimate of drug-likeness (QED) is 0.727. The van der Waals surface area contributed by atoms with Crippen molar-refractivity contribution >= 4 is 0 Å². The standard InChI is InChI=1S/C11H12N2O/c12-7-10(13)8-3-4-11-9(6-8)2-1-5-14-11/h3-4,6,10H,1-2,5,13H2. The zero-order chi connectivity index (χ0) is 9.97. The van der Waals surface area contributed by atoms with Crippen LogP contribution in [0.15, 0.2) is 18.2 Å². The fourth-order valence-electron chi connectivity index (χ4n) is 1.65. The first-order valence-corrected chi connectivity index (χ1v) is 4.72. The van der Waals surface area contributed by atoms with Crippen LogP contribution in [0, 0.1) is 11.3 Å². The Morgan fingerprint density at radius 1 is 1.50 bits per heavy atom. The lowest BCUT2D eigenvalue weighted by Gasteiger charge is -2.18.